The van der Waals surface area contributed by atoms with E-state index >= 15 is 0 Å². The van der Waals surface area contributed by atoms with E-state index in [0.29, 0.717) is 69.8 Å². The summed E-state index contributed by atoms with van der Waals surface area (Å²) in [6.07, 6.45) is 9.85. The lowest BCUT2D eigenvalue weighted by atomic mass is 9.96. The van der Waals surface area contributed by atoms with Crippen molar-refractivity contribution in [1.82, 2.24) is 15.1 Å². The highest BCUT2D eigenvalue weighted by molar-refractivity contribution is 6.02. The number of ether oxygens (including phenoxy) is 1. The second kappa shape index (κ2) is 12.2. The van der Waals surface area contributed by atoms with Gasteiger partial charge >= 0.3 is 6.03 Å². The van der Waals surface area contributed by atoms with E-state index < -0.39 is 0 Å². The predicted octanol–water partition coefficient (Wildman–Crippen LogP) is 3.45. The number of rotatable bonds is 5. The Morgan fingerprint density at radius 3 is 2.16 bits per heavy atom. The Labute approximate surface area is 219 Å². The molecule has 0 aromatic heterocycles. The first-order chi connectivity index (χ1) is 18.1. The number of morpholine rings is 1. The fourth-order valence-electron chi connectivity index (χ4n) is 6.09. The van der Waals surface area contributed by atoms with E-state index in [9.17, 15) is 14.4 Å². The lowest BCUT2D eigenvalue weighted by Gasteiger charge is -2.38. The Kier molecular flexibility index (Phi) is 8.48. The van der Waals surface area contributed by atoms with Gasteiger partial charge in [-0.05, 0) is 43.9 Å². The molecule has 2 saturated carbocycles. The number of benzene rings is 1. The second-order valence-corrected chi connectivity index (χ2v) is 10.9. The summed E-state index contributed by atoms with van der Waals surface area (Å²) in [4.78, 5) is 45.1. The van der Waals surface area contributed by atoms with E-state index in [4.69, 9.17) is 4.74 Å². The average Bonchev–Trinajstić information content (AvgIpc) is 3.49. The first kappa shape index (κ1) is 25.8. The molecule has 1 aromatic rings. The van der Waals surface area contributed by atoms with Crippen LogP contribution in [-0.4, -0.2) is 86.2 Å². The van der Waals surface area contributed by atoms with E-state index in [0.717, 1.165) is 44.2 Å². The molecule has 2 heterocycles. The molecule has 37 heavy (non-hydrogen) atoms. The molecule has 0 atom stereocenters. The van der Waals surface area contributed by atoms with Crippen molar-refractivity contribution >= 4 is 29.2 Å². The Balaban J connectivity index is 1.27. The van der Waals surface area contributed by atoms with Crippen molar-refractivity contribution in [1.29, 1.82) is 0 Å². The average molecular weight is 512 g/mol. The Morgan fingerprint density at radius 2 is 1.46 bits per heavy atom. The van der Waals surface area contributed by atoms with Gasteiger partial charge in [0, 0.05) is 62.6 Å². The summed E-state index contributed by atoms with van der Waals surface area (Å²) in [6.45, 7) is 4.75. The molecule has 4 aliphatic rings. The van der Waals surface area contributed by atoms with Crippen LogP contribution in [-0.2, 0) is 9.53 Å². The van der Waals surface area contributed by atoms with E-state index in [1.54, 1.807) is 0 Å². The van der Waals surface area contributed by atoms with Crippen LogP contribution >= 0.6 is 0 Å². The van der Waals surface area contributed by atoms with Crippen LogP contribution in [0.25, 0.3) is 0 Å². The zero-order valence-corrected chi connectivity index (χ0v) is 21.9. The van der Waals surface area contributed by atoms with Crippen molar-refractivity contribution in [3.8, 4) is 0 Å². The first-order valence-electron chi connectivity index (χ1n) is 14.2. The van der Waals surface area contributed by atoms with Crippen molar-refractivity contribution < 1.29 is 19.1 Å². The predicted molar refractivity (Wildman–Crippen MR) is 143 cm³/mol. The summed E-state index contributed by atoms with van der Waals surface area (Å²) in [5.41, 5.74) is 2.14. The van der Waals surface area contributed by atoms with Gasteiger partial charge in [0.2, 0.25) is 5.91 Å². The Bertz CT molecular complexity index is 959. The van der Waals surface area contributed by atoms with Crippen LogP contribution < -0.4 is 15.5 Å². The lowest BCUT2D eigenvalue weighted by Crippen LogP contribution is -2.54. The van der Waals surface area contributed by atoms with Crippen molar-refractivity contribution in [2.45, 2.75) is 63.8 Å². The number of urea groups is 1. The molecular formula is C28H41N5O4. The number of amides is 4. The van der Waals surface area contributed by atoms with Crippen LogP contribution in [0.4, 0.5) is 16.2 Å². The maximum atomic E-state index is 13.6. The fourth-order valence-corrected chi connectivity index (χ4v) is 6.09. The molecule has 2 N–H and O–H groups in total. The van der Waals surface area contributed by atoms with Crippen LogP contribution in [0, 0.1) is 5.92 Å². The van der Waals surface area contributed by atoms with Gasteiger partial charge in [-0.25, -0.2) is 4.79 Å². The number of nitrogens with one attached hydrogen (secondary N) is 2. The highest BCUT2D eigenvalue weighted by Gasteiger charge is 2.29. The summed E-state index contributed by atoms with van der Waals surface area (Å²) in [7, 11) is 0. The summed E-state index contributed by atoms with van der Waals surface area (Å²) < 4.78 is 5.45. The topological polar surface area (TPSA) is 94.2 Å². The van der Waals surface area contributed by atoms with Crippen molar-refractivity contribution in [3.05, 3.63) is 23.8 Å². The van der Waals surface area contributed by atoms with Gasteiger partial charge in [-0.15, -0.1) is 0 Å². The smallest absolute Gasteiger partial charge is 0.317 e. The molecule has 2 aliphatic carbocycles. The molecular weight excluding hydrogens is 470 g/mol. The molecule has 1 aromatic carbocycles. The fraction of sp³-hybridized carbons (Fsp3) is 0.679. The molecule has 2 saturated heterocycles. The molecule has 0 spiro atoms. The van der Waals surface area contributed by atoms with E-state index in [1.807, 2.05) is 28.0 Å². The van der Waals surface area contributed by atoms with Gasteiger partial charge < -0.3 is 30.1 Å². The zero-order chi connectivity index (χ0) is 25.6. The maximum absolute atomic E-state index is 13.6. The van der Waals surface area contributed by atoms with Gasteiger partial charge in [0.15, 0.2) is 0 Å². The van der Waals surface area contributed by atoms with Gasteiger partial charge in [-0.2, -0.15) is 0 Å². The minimum Gasteiger partial charge on any atom is -0.378 e. The van der Waals surface area contributed by atoms with E-state index in [2.05, 4.69) is 15.5 Å². The number of carbonyl (C=O) groups excluding carboxylic acids is 3. The summed E-state index contributed by atoms with van der Waals surface area (Å²) in [5.74, 6) is 0.0752. The number of piperazine rings is 1. The first-order valence-corrected chi connectivity index (χ1v) is 14.2. The van der Waals surface area contributed by atoms with Gasteiger partial charge in [-0.1, -0.05) is 32.1 Å². The largest absolute Gasteiger partial charge is 0.378 e. The maximum Gasteiger partial charge on any atom is 0.317 e. The third-order valence-corrected chi connectivity index (χ3v) is 8.36. The summed E-state index contributed by atoms with van der Waals surface area (Å²) in [5, 5.41) is 6.28. The number of hydrogen-bond acceptors (Lipinski definition) is 5. The van der Waals surface area contributed by atoms with Crippen LogP contribution in [0.2, 0.25) is 0 Å². The van der Waals surface area contributed by atoms with Gasteiger partial charge in [-0.3, -0.25) is 9.59 Å². The number of hydrogen-bond donors (Lipinski definition) is 2. The molecule has 0 bridgehead atoms. The summed E-state index contributed by atoms with van der Waals surface area (Å²) in [6, 6.07) is 6.02. The van der Waals surface area contributed by atoms with Crippen LogP contribution in [0.5, 0.6) is 0 Å². The molecule has 2 aliphatic heterocycles. The van der Waals surface area contributed by atoms with Crippen molar-refractivity contribution in [2.24, 2.45) is 5.92 Å². The van der Waals surface area contributed by atoms with Crippen molar-refractivity contribution in [3.63, 3.8) is 0 Å². The molecule has 202 valence electrons. The minimum atomic E-state index is -0.0345. The van der Waals surface area contributed by atoms with Gasteiger partial charge in [0.1, 0.15) is 0 Å². The number of nitrogens with zero attached hydrogens (tertiary/aromatic N) is 3. The SMILES string of the molecule is O=C(Nc1ccc(N2CCN(C(=O)NC3CCCCC3)CC2)c(C(=O)N2CCOCC2)c1)C1CCCC1. The standard InChI is InChI=1S/C28H41N5O4/c34-26(21-6-4-5-7-21)29-23-10-11-25(24(20-23)27(35)32-16-18-37-19-17-32)31-12-14-33(15-13-31)28(36)30-22-8-2-1-3-9-22/h10-11,20-22H,1-9,12-19H2,(H,29,34)(H,30,36). The highest BCUT2D eigenvalue weighted by Crippen LogP contribution is 2.30. The van der Waals surface area contributed by atoms with E-state index in [1.165, 1.54) is 19.3 Å². The molecule has 0 unspecified atom stereocenters. The number of carbonyl (C=O) groups is 3. The monoisotopic (exact) mass is 511 g/mol. The van der Waals surface area contributed by atoms with E-state index in [-0.39, 0.29) is 23.8 Å². The van der Waals surface area contributed by atoms with Crippen LogP contribution in [0.1, 0.15) is 68.1 Å². The lowest BCUT2D eigenvalue weighted by molar-refractivity contribution is -0.119. The van der Waals surface area contributed by atoms with Gasteiger partial charge in [0.25, 0.3) is 5.91 Å². The summed E-state index contributed by atoms with van der Waals surface area (Å²) >= 11 is 0. The molecule has 4 amide bonds. The van der Waals surface area contributed by atoms with Gasteiger partial charge in [0.05, 0.1) is 18.8 Å². The van der Waals surface area contributed by atoms with Crippen LogP contribution in [0.15, 0.2) is 18.2 Å². The zero-order valence-electron chi connectivity index (χ0n) is 21.9. The molecule has 0 radical (unpaired) electrons. The molecule has 9 heteroatoms. The normalized spacial score (nSPS) is 21.7. The second-order valence-electron chi connectivity index (χ2n) is 10.9. The molecule has 4 fully saturated rings. The Hall–Kier alpha value is -2.81. The molecule has 5 rings (SSSR count). The number of anilines is 2. The minimum absolute atomic E-state index is 0.0288. The third-order valence-electron chi connectivity index (χ3n) is 8.36. The molecule has 9 nitrogen and oxygen atoms in total. The third kappa shape index (κ3) is 6.37. The van der Waals surface area contributed by atoms with Crippen molar-refractivity contribution in [2.75, 3.05) is 62.7 Å². The highest BCUT2D eigenvalue weighted by atomic mass is 16.5. The quantitative estimate of drug-likeness (QED) is 0.632. The Morgan fingerprint density at radius 1 is 0.784 bits per heavy atom. The van der Waals surface area contributed by atoms with Crippen LogP contribution in [0.3, 0.4) is 0 Å².